The number of halogens is 1. The van der Waals surface area contributed by atoms with Crippen molar-refractivity contribution in [2.75, 3.05) is 5.75 Å². The van der Waals surface area contributed by atoms with Crippen LogP contribution in [0.3, 0.4) is 0 Å². The normalized spacial score (nSPS) is 12.8. The lowest BCUT2D eigenvalue weighted by molar-refractivity contribution is -0.138. The third kappa shape index (κ3) is 7.37. The third-order valence-electron chi connectivity index (χ3n) is 5.15. The fourth-order valence-electron chi connectivity index (χ4n) is 2.99. The van der Waals surface area contributed by atoms with Crippen LogP contribution in [0.1, 0.15) is 43.9 Å². The summed E-state index contributed by atoms with van der Waals surface area (Å²) in [5, 5.41) is 3.69. The molecule has 30 heavy (non-hydrogen) atoms. The molecule has 0 saturated heterocycles. The van der Waals surface area contributed by atoms with Crippen LogP contribution in [0.4, 0.5) is 0 Å². The van der Waals surface area contributed by atoms with Crippen LogP contribution in [0.2, 0.25) is 5.02 Å². The van der Waals surface area contributed by atoms with Crippen LogP contribution in [0.5, 0.6) is 0 Å². The van der Waals surface area contributed by atoms with E-state index in [-0.39, 0.29) is 17.9 Å². The average Bonchev–Trinajstić information content (AvgIpc) is 2.72. The number of nitrogens with zero attached hydrogens (tertiary/aromatic N) is 1. The second-order valence-electron chi connectivity index (χ2n) is 7.56. The maximum Gasteiger partial charge on any atom is 0.242 e. The first-order chi connectivity index (χ1) is 14.3. The van der Waals surface area contributed by atoms with Gasteiger partial charge in [-0.1, -0.05) is 54.9 Å². The summed E-state index contributed by atoms with van der Waals surface area (Å²) in [5.74, 6) is 0.834. The highest BCUT2D eigenvalue weighted by Crippen LogP contribution is 2.19. The van der Waals surface area contributed by atoms with Crippen molar-refractivity contribution in [2.24, 2.45) is 0 Å². The van der Waals surface area contributed by atoms with E-state index < -0.39 is 6.04 Å². The van der Waals surface area contributed by atoms with E-state index in [2.05, 4.69) is 5.32 Å². The minimum absolute atomic E-state index is 0.0444. The smallest absolute Gasteiger partial charge is 0.242 e. The van der Waals surface area contributed by atoms with E-state index in [1.165, 1.54) is 11.8 Å². The van der Waals surface area contributed by atoms with Crippen molar-refractivity contribution in [3.05, 3.63) is 70.2 Å². The Kier molecular flexibility index (Phi) is 9.73. The van der Waals surface area contributed by atoms with Crippen LogP contribution < -0.4 is 5.32 Å². The number of carbonyl (C=O) groups is 2. The van der Waals surface area contributed by atoms with Gasteiger partial charge in [0.15, 0.2) is 0 Å². The van der Waals surface area contributed by atoms with Gasteiger partial charge in [-0.15, -0.1) is 11.8 Å². The van der Waals surface area contributed by atoms with Crippen LogP contribution in [0.15, 0.2) is 48.5 Å². The first-order valence-corrected chi connectivity index (χ1v) is 11.8. The number of carbonyl (C=O) groups excluding carboxylic acids is 2. The van der Waals surface area contributed by atoms with Crippen molar-refractivity contribution in [2.45, 2.75) is 58.5 Å². The number of amides is 2. The second-order valence-corrected chi connectivity index (χ2v) is 8.99. The topological polar surface area (TPSA) is 49.4 Å². The highest BCUT2D eigenvalue weighted by Gasteiger charge is 2.27. The molecular formula is C24H31ClN2O2S. The summed E-state index contributed by atoms with van der Waals surface area (Å²) >= 11 is 7.57. The van der Waals surface area contributed by atoms with Gasteiger partial charge in [-0.3, -0.25) is 9.59 Å². The van der Waals surface area contributed by atoms with Gasteiger partial charge in [0.25, 0.3) is 0 Å². The van der Waals surface area contributed by atoms with Gasteiger partial charge >= 0.3 is 0 Å². The molecular weight excluding hydrogens is 416 g/mol. The molecule has 2 aromatic rings. The van der Waals surface area contributed by atoms with Crippen molar-refractivity contribution >= 4 is 35.2 Å². The Morgan fingerprint density at radius 1 is 1.13 bits per heavy atom. The van der Waals surface area contributed by atoms with Crippen LogP contribution in [-0.2, 0) is 21.9 Å². The molecule has 162 valence electrons. The highest BCUT2D eigenvalue weighted by atomic mass is 35.5. The summed E-state index contributed by atoms with van der Waals surface area (Å²) in [6.45, 7) is 8.24. The Labute approximate surface area is 189 Å². The van der Waals surface area contributed by atoms with Gasteiger partial charge in [-0.25, -0.2) is 0 Å². The maximum absolute atomic E-state index is 13.1. The molecule has 0 heterocycles. The predicted octanol–water partition coefficient (Wildman–Crippen LogP) is 5.21. The van der Waals surface area contributed by atoms with Crippen LogP contribution >= 0.6 is 23.4 Å². The quantitative estimate of drug-likeness (QED) is 0.544. The first-order valence-electron chi connectivity index (χ1n) is 10.3. The molecule has 0 saturated carbocycles. The SMILES string of the molecule is CC[C@H](C)NC(=O)[C@H](C)N(Cc1ccccc1C)C(=O)CSCc1cccc(Cl)c1. The number of hydrogen-bond acceptors (Lipinski definition) is 3. The molecule has 2 rings (SSSR count). The van der Waals surface area contributed by atoms with Crippen LogP contribution in [0, 0.1) is 6.92 Å². The van der Waals surface area contributed by atoms with Gasteiger partial charge in [-0.05, 0) is 56.0 Å². The van der Waals surface area contributed by atoms with E-state index in [0.717, 1.165) is 23.1 Å². The Morgan fingerprint density at radius 2 is 1.87 bits per heavy atom. The number of hydrogen-bond donors (Lipinski definition) is 1. The summed E-state index contributed by atoms with van der Waals surface area (Å²) in [5.41, 5.74) is 3.23. The van der Waals surface area contributed by atoms with Crippen molar-refractivity contribution in [1.29, 1.82) is 0 Å². The molecule has 0 radical (unpaired) electrons. The largest absolute Gasteiger partial charge is 0.352 e. The second kappa shape index (κ2) is 12.0. The zero-order valence-electron chi connectivity index (χ0n) is 18.2. The van der Waals surface area contributed by atoms with Crippen molar-refractivity contribution < 1.29 is 9.59 Å². The monoisotopic (exact) mass is 446 g/mol. The molecule has 0 bridgehead atoms. The molecule has 0 spiro atoms. The zero-order chi connectivity index (χ0) is 22.1. The Bertz CT molecular complexity index is 859. The van der Waals surface area contributed by atoms with Crippen LogP contribution in [-0.4, -0.2) is 34.6 Å². The highest BCUT2D eigenvalue weighted by molar-refractivity contribution is 7.99. The van der Waals surface area contributed by atoms with Gasteiger partial charge < -0.3 is 10.2 Å². The minimum atomic E-state index is -0.544. The molecule has 6 heteroatoms. The third-order valence-corrected chi connectivity index (χ3v) is 6.38. The lowest BCUT2D eigenvalue weighted by Gasteiger charge is -2.30. The molecule has 0 fully saturated rings. The lowest BCUT2D eigenvalue weighted by atomic mass is 10.1. The maximum atomic E-state index is 13.1. The fraction of sp³-hybridized carbons (Fsp3) is 0.417. The summed E-state index contributed by atoms with van der Waals surface area (Å²) in [6, 6.07) is 15.2. The van der Waals surface area contributed by atoms with E-state index in [0.29, 0.717) is 23.1 Å². The number of rotatable bonds is 10. The Hall–Kier alpha value is -1.98. The van der Waals surface area contributed by atoms with Gasteiger partial charge in [0.05, 0.1) is 5.75 Å². The summed E-state index contributed by atoms with van der Waals surface area (Å²) in [7, 11) is 0. The Morgan fingerprint density at radius 3 is 2.53 bits per heavy atom. The van der Waals surface area contributed by atoms with E-state index in [9.17, 15) is 9.59 Å². The zero-order valence-corrected chi connectivity index (χ0v) is 19.7. The van der Waals surface area contributed by atoms with Crippen molar-refractivity contribution in [3.8, 4) is 0 Å². The molecule has 0 aliphatic heterocycles. The number of nitrogens with one attached hydrogen (secondary N) is 1. The van der Waals surface area contributed by atoms with E-state index >= 15 is 0 Å². The summed E-state index contributed by atoms with van der Waals surface area (Å²) in [4.78, 5) is 27.5. The number of thioether (sulfide) groups is 1. The van der Waals surface area contributed by atoms with E-state index in [1.807, 2.05) is 69.3 Å². The molecule has 0 aliphatic carbocycles. The van der Waals surface area contributed by atoms with Gasteiger partial charge in [0.1, 0.15) is 6.04 Å². The molecule has 2 aromatic carbocycles. The standard InChI is InChI=1S/C24H31ClN2O2S/c1-5-18(3)26-24(29)19(4)27(14-21-11-7-6-9-17(21)2)23(28)16-30-15-20-10-8-12-22(25)13-20/h6-13,18-19H,5,14-16H2,1-4H3,(H,26,29)/t18-,19-/m0/s1. The minimum Gasteiger partial charge on any atom is -0.352 e. The predicted molar refractivity (Wildman–Crippen MR) is 127 cm³/mol. The summed E-state index contributed by atoms with van der Waals surface area (Å²) in [6.07, 6.45) is 0.847. The first kappa shape index (κ1) is 24.3. The molecule has 2 amide bonds. The van der Waals surface area contributed by atoms with Gasteiger partial charge in [-0.2, -0.15) is 0 Å². The van der Waals surface area contributed by atoms with Crippen LogP contribution in [0.25, 0.3) is 0 Å². The Balaban J connectivity index is 2.09. The molecule has 1 N–H and O–H groups in total. The van der Waals surface area contributed by atoms with Gasteiger partial charge in [0.2, 0.25) is 11.8 Å². The number of benzene rings is 2. The van der Waals surface area contributed by atoms with E-state index in [4.69, 9.17) is 11.6 Å². The molecule has 0 aliphatic rings. The lowest BCUT2D eigenvalue weighted by Crippen LogP contribution is -2.50. The fourth-order valence-corrected chi connectivity index (χ4v) is 4.06. The summed E-state index contributed by atoms with van der Waals surface area (Å²) < 4.78 is 0. The average molecular weight is 447 g/mol. The molecule has 0 unspecified atom stereocenters. The number of aryl methyl sites for hydroxylation is 1. The van der Waals surface area contributed by atoms with Crippen molar-refractivity contribution in [1.82, 2.24) is 10.2 Å². The van der Waals surface area contributed by atoms with Crippen molar-refractivity contribution in [3.63, 3.8) is 0 Å². The van der Waals surface area contributed by atoms with Gasteiger partial charge in [0, 0.05) is 23.4 Å². The van der Waals surface area contributed by atoms with E-state index in [1.54, 1.807) is 11.8 Å². The molecule has 4 nitrogen and oxygen atoms in total. The molecule has 0 aromatic heterocycles. The molecule has 2 atom stereocenters.